The molecule has 0 aliphatic carbocycles. The Bertz CT molecular complexity index is 708. The molecule has 0 fully saturated rings. The van der Waals surface area contributed by atoms with Crippen LogP contribution in [-0.4, -0.2) is 18.2 Å². The smallest absolute Gasteiger partial charge is 0.238 e. The standard InChI is InChI=1S/C20H24N2O2/c1-4-16-8-10-17(11-9-16)14(2)21-13-20(24)22-19-7-5-6-18(12-19)15(3)23/h5-12,14,21H,4,13H2,1-3H3,(H,22,24)/t14-/m0/s1. The van der Waals surface area contributed by atoms with Gasteiger partial charge in [-0.25, -0.2) is 0 Å². The van der Waals surface area contributed by atoms with E-state index in [0.717, 1.165) is 12.0 Å². The Labute approximate surface area is 143 Å². The third kappa shape index (κ3) is 5.03. The third-order valence-corrected chi connectivity index (χ3v) is 4.01. The lowest BCUT2D eigenvalue weighted by atomic mass is 10.1. The van der Waals surface area contributed by atoms with Crippen molar-refractivity contribution in [2.75, 3.05) is 11.9 Å². The van der Waals surface area contributed by atoms with Crippen molar-refractivity contribution in [3.8, 4) is 0 Å². The number of benzene rings is 2. The van der Waals surface area contributed by atoms with Crippen molar-refractivity contribution in [3.05, 3.63) is 65.2 Å². The average Bonchev–Trinajstić information content (AvgIpc) is 2.60. The first kappa shape index (κ1) is 17.9. The molecule has 1 amide bonds. The Balaban J connectivity index is 1.88. The monoisotopic (exact) mass is 324 g/mol. The molecule has 0 saturated carbocycles. The fourth-order valence-corrected chi connectivity index (χ4v) is 2.43. The highest BCUT2D eigenvalue weighted by Gasteiger charge is 2.09. The van der Waals surface area contributed by atoms with E-state index in [1.807, 2.05) is 6.92 Å². The van der Waals surface area contributed by atoms with Gasteiger partial charge in [0.1, 0.15) is 0 Å². The molecule has 0 radical (unpaired) electrons. The largest absolute Gasteiger partial charge is 0.325 e. The summed E-state index contributed by atoms with van der Waals surface area (Å²) in [4.78, 5) is 23.4. The summed E-state index contributed by atoms with van der Waals surface area (Å²) in [6, 6.07) is 15.4. The predicted octanol–water partition coefficient (Wildman–Crippen LogP) is 3.74. The number of carbonyl (C=O) groups excluding carboxylic acids is 2. The van der Waals surface area contributed by atoms with Gasteiger partial charge in [0.05, 0.1) is 6.54 Å². The molecule has 2 aromatic rings. The van der Waals surface area contributed by atoms with E-state index in [-0.39, 0.29) is 24.3 Å². The number of hydrogen-bond donors (Lipinski definition) is 2. The molecule has 0 aliphatic rings. The fourth-order valence-electron chi connectivity index (χ4n) is 2.43. The zero-order chi connectivity index (χ0) is 17.5. The van der Waals surface area contributed by atoms with Crippen molar-refractivity contribution in [3.63, 3.8) is 0 Å². The number of aryl methyl sites for hydroxylation is 1. The van der Waals surface area contributed by atoms with Gasteiger partial charge in [0.15, 0.2) is 5.78 Å². The van der Waals surface area contributed by atoms with Crippen LogP contribution in [0.25, 0.3) is 0 Å². The maximum absolute atomic E-state index is 12.1. The lowest BCUT2D eigenvalue weighted by molar-refractivity contribution is -0.115. The van der Waals surface area contributed by atoms with Crippen LogP contribution >= 0.6 is 0 Å². The molecule has 1 atom stereocenters. The molecular weight excluding hydrogens is 300 g/mol. The van der Waals surface area contributed by atoms with Gasteiger partial charge in [-0.15, -0.1) is 0 Å². The Morgan fingerprint density at radius 2 is 1.79 bits per heavy atom. The van der Waals surface area contributed by atoms with E-state index in [9.17, 15) is 9.59 Å². The van der Waals surface area contributed by atoms with E-state index in [0.29, 0.717) is 11.3 Å². The zero-order valence-electron chi connectivity index (χ0n) is 14.4. The van der Waals surface area contributed by atoms with Crippen LogP contribution in [-0.2, 0) is 11.2 Å². The summed E-state index contributed by atoms with van der Waals surface area (Å²) < 4.78 is 0. The van der Waals surface area contributed by atoms with Gasteiger partial charge in [-0.2, -0.15) is 0 Å². The maximum Gasteiger partial charge on any atom is 0.238 e. The van der Waals surface area contributed by atoms with Crippen molar-refractivity contribution < 1.29 is 9.59 Å². The number of rotatable bonds is 7. The van der Waals surface area contributed by atoms with E-state index in [1.165, 1.54) is 12.5 Å². The molecule has 4 nitrogen and oxygen atoms in total. The zero-order valence-corrected chi connectivity index (χ0v) is 14.4. The number of amides is 1. The van der Waals surface area contributed by atoms with Gasteiger partial charge in [-0.3, -0.25) is 9.59 Å². The van der Waals surface area contributed by atoms with Gasteiger partial charge in [0.2, 0.25) is 5.91 Å². The first-order valence-electron chi connectivity index (χ1n) is 8.22. The molecule has 2 rings (SSSR count). The minimum Gasteiger partial charge on any atom is -0.325 e. The molecule has 0 saturated heterocycles. The Kier molecular flexibility index (Phi) is 6.27. The first-order valence-corrected chi connectivity index (χ1v) is 8.22. The third-order valence-electron chi connectivity index (χ3n) is 4.01. The SMILES string of the molecule is CCc1ccc([C@H](C)NCC(=O)Nc2cccc(C(C)=O)c2)cc1. The summed E-state index contributed by atoms with van der Waals surface area (Å²) >= 11 is 0. The lowest BCUT2D eigenvalue weighted by Gasteiger charge is -2.15. The number of Topliss-reactive ketones (excluding diaryl/α,β-unsaturated/α-hetero) is 1. The summed E-state index contributed by atoms with van der Waals surface area (Å²) in [6.45, 7) is 5.88. The van der Waals surface area contributed by atoms with E-state index < -0.39 is 0 Å². The molecule has 2 N–H and O–H groups in total. The minimum atomic E-state index is -0.132. The topological polar surface area (TPSA) is 58.2 Å². The number of hydrogen-bond acceptors (Lipinski definition) is 3. The van der Waals surface area contributed by atoms with E-state index in [1.54, 1.807) is 24.3 Å². The van der Waals surface area contributed by atoms with E-state index >= 15 is 0 Å². The van der Waals surface area contributed by atoms with Crippen LogP contribution in [0.15, 0.2) is 48.5 Å². The highest BCUT2D eigenvalue weighted by Crippen LogP contribution is 2.14. The van der Waals surface area contributed by atoms with Crippen LogP contribution < -0.4 is 10.6 Å². The second kappa shape index (κ2) is 8.41. The maximum atomic E-state index is 12.1. The summed E-state index contributed by atoms with van der Waals surface area (Å²) in [5, 5.41) is 6.02. The molecule has 24 heavy (non-hydrogen) atoms. The minimum absolute atomic E-state index is 0.0200. The van der Waals surface area contributed by atoms with E-state index in [2.05, 4.69) is 41.8 Å². The van der Waals surface area contributed by atoms with Gasteiger partial charge in [0, 0.05) is 17.3 Å². The summed E-state index contributed by atoms with van der Waals surface area (Å²) in [7, 11) is 0. The van der Waals surface area contributed by atoms with Crippen molar-refractivity contribution in [2.24, 2.45) is 0 Å². The van der Waals surface area contributed by atoms with E-state index in [4.69, 9.17) is 0 Å². The number of carbonyl (C=O) groups is 2. The number of ketones is 1. The van der Waals surface area contributed by atoms with Crippen molar-refractivity contribution >= 4 is 17.4 Å². The molecular formula is C20H24N2O2. The van der Waals surface area contributed by atoms with Gasteiger partial charge < -0.3 is 10.6 Å². The molecule has 0 unspecified atom stereocenters. The van der Waals surface area contributed by atoms with Gasteiger partial charge in [0.25, 0.3) is 0 Å². The molecule has 0 aliphatic heterocycles. The predicted molar refractivity (Wildman–Crippen MR) is 97.3 cm³/mol. The summed E-state index contributed by atoms with van der Waals surface area (Å²) in [5.74, 6) is -0.152. The lowest BCUT2D eigenvalue weighted by Crippen LogP contribution is -2.30. The van der Waals surface area contributed by atoms with Crippen molar-refractivity contribution in [1.29, 1.82) is 0 Å². The number of nitrogens with one attached hydrogen (secondary N) is 2. The van der Waals surface area contributed by atoms with Crippen LogP contribution in [0, 0.1) is 0 Å². The highest BCUT2D eigenvalue weighted by molar-refractivity contribution is 5.97. The second-order valence-corrected chi connectivity index (χ2v) is 5.88. The van der Waals surface area contributed by atoms with Crippen LogP contribution in [0.4, 0.5) is 5.69 Å². The molecule has 0 bridgehead atoms. The molecule has 0 aromatic heterocycles. The molecule has 2 aromatic carbocycles. The Hall–Kier alpha value is -2.46. The van der Waals surface area contributed by atoms with Gasteiger partial charge >= 0.3 is 0 Å². The fraction of sp³-hybridized carbons (Fsp3) is 0.300. The van der Waals surface area contributed by atoms with Crippen molar-refractivity contribution in [1.82, 2.24) is 5.32 Å². The molecule has 4 heteroatoms. The van der Waals surface area contributed by atoms with Crippen LogP contribution in [0.2, 0.25) is 0 Å². The molecule has 0 heterocycles. The molecule has 0 spiro atoms. The Morgan fingerprint density at radius 3 is 2.42 bits per heavy atom. The van der Waals surface area contributed by atoms with Crippen molar-refractivity contribution in [2.45, 2.75) is 33.2 Å². The van der Waals surface area contributed by atoms with Crippen LogP contribution in [0.3, 0.4) is 0 Å². The highest BCUT2D eigenvalue weighted by atomic mass is 16.2. The first-order chi connectivity index (χ1) is 11.5. The number of anilines is 1. The van der Waals surface area contributed by atoms with Crippen LogP contribution in [0.5, 0.6) is 0 Å². The summed E-state index contributed by atoms with van der Waals surface area (Å²) in [6.07, 6.45) is 1.02. The second-order valence-electron chi connectivity index (χ2n) is 5.88. The Morgan fingerprint density at radius 1 is 1.08 bits per heavy atom. The molecule has 126 valence electrons. The average molecular weight is 324 g/mol. The summed E-state index contributed by atoms with van der Waals surface area (Å²) in [5.41, 5.74) is 3.67. The van der Waals surface area contributed by atoms with Gasteiger partial charge in [-0.05, 0) is 43.5 Å². The quantitative estimate of drug-likeness (QED) is 0.763. The normalized spacial score (nSPS) is 11.8. The van der Waals surface area contributed by atoms with Gasteiger partial charge in [-0.1, -0.05) is 43.3 Å². The van der Waals surface area contributed by atoms with Crippen LogP contribution in [0.1, 0.15) is 48.3 Å².